The number of halogens is 8. The first kappa shape index (κ1) is 13.2. The van der Waals surface area contributed by atoms with Crippen LogP contribution in [0.1, 0.15) is 0 Å². The molecule has 0 unspecified atom stereocenters. The van der Waals surface area contributed by atoms with Gasteiger partial charge in [-0.15, -0.1) is 0 Å². The van der Waals surface area contributed by atoms with Gasteiger partial charge in [-0.3, -0.25) is 0 Å². The van der Waals surface area contributed by atoms with Crippen molar-refractivity contribution in [1.82, 2.24) is 0 Å². The molecule has 1 aliphatic carbocycles. The van der Waals surface area contributed by atoms with Crippen LogP contribution in [0.2, 0.25) is 0 Å². The number of allylic oxidation sites excluding steroid dienone is 8. The van der Waals surface area contributed by atoms with Crippen molar-refractivity contribution in [2.45, 2.75) is 0 Å². The molecule has 0 nitrogen and oxygen atoms in total. The van der Waals surface area contributed by atoms with Gasteiger partial charge in [-0.05, 0) is 0 Å². The molecule has 0 fully saturated rings. The van der Waals surface area contributed by atoms with Crippen LogP contribution in [0.25, 0.3) is 0 Å². The van der Waals surface area contributed by atoms with Crippen molar-refractivity contribution in [3.05, 3.63) is 45.0 Å². The van der Waals surface area contributed by atoms with Gasteiger partial charge in [-0.25, -0.2) is 26.3 Å². The second-order valence-corrected chi connectivity index (χ2v) is 3.27. The van der Waals surface area contributed by atoms with Crippen LogP contribution in [0.15, 0.2) is 45.0 Å². The van der Waals surface area contributed by atoms with Gasteiger partial charge in [0.05, 0.1) is 0 Å². The van der Waals surface area contributed by atoms with Gasteiger partial charge in [0.1, 0.15) is 10.1 Å². The van der Waals surface area contributed by atoms with E-state index in [2.05, 4.69) is 0 Å². The van der Waals surface area contributed by atoms with E-state index in [4.69, 9.17) is 23.2 Å². The van der Waals surface area contributed by atoms with Crippen molar-refractivity contribution in [2.75, 3.05) is 0 Å². The van der Waals surface area contributed by atoms with E-state index in [0.29, 0.717) is 0 Å². The minimum Gasteiger partial charge on any atom is -0.202 e. The van der Waals surface area contributed by atoms with E-state index >= 15 is 0 Å². The van der Waals surface area contributed by atoms with E-state index < -0.39 is 45.0 Å². The molecular weight excluding hydrogens is 281 g/mol. The Bertz CT molecular complexity index is 321. The molecule has 0 atom stereocenters. The lowest BCUT2D eigenvalue weighted by Crippen LogP contribution is -1.96. The Kier molecular flexibility index (Phi) is 3.75. The Labute approximate surface area is 95.1 Å². The number of rotatable bonds is 0. The molecule has 0 saturated carbocycles. The molecule has 0 spiro atoms. The average Bonchev–Trinajstić information content (AvgIpc) is 2.30. The molecule has 0 bridgehead atoms. The minimum absolute atomic E-state index is 1.39. The first-order chi connectivity index (χ1) is 7.29. The Morgan fingerprint density at radius 3 is 0.875 bits per heavy atom. The van der Waals surface area contributed by atoms with Crippen molar-refractivity contribution in [3.8, 4) is 0 Å². The third-order valence-electron chi connectivity index (χ3n) is 1.54. The third kappa shape index (κ3) is 1.99. The second kappa shape index (κ2) is 4.55. The summed E-state index contributed by atoms with van der Waals surface area (Å²) in [7, 11) is 0. The van der Waals surface area contributed by atoms with E-state index in [1.54, 1.807) is 0 Å². The lowest BCUT2D eigenvalue weighted by Gasteiger charge is -2.06. The molecule has 0 N–H and O–H groups in total. The number of hydrogen-bond acceptors (Lipinski definition) is 0. The van der Waals surface area contributed by atoms with Crippen LogP contribution in [-0.4, -0.2) is 0 Å². The van der Waals surface area contributed by atoms with Crippen LogP contribution in [0.3, 0.4) is 0 Å². The van der Waals surface area contributed by atoms with Gasteiger partial charge >= 0.3 is 0 Å². The summed E-state index contributed by atoms with van der Waals surface area (Å²) in [6.45, 7) is 0. The lowest BCUT2D eigenvalue weighted by molar-refractivity contribution is 0.438. The minimum atomic E-state index is -2.53. The highest BCUT2D eigenvalue weighted by Gasteiger charge is 2.30. The molecule has 0 aromatic heterocycles. The van der Waals surface area contributed by atoms with E-state index in [-0.39, 0.29) is 0 Å². The summed E-state index contributed by atoms with van der Waals surface area (Å²) >= 11 is 9.97. The standard InChI is InChI=1S/C8Cl2F6/c9-1-2(10)4(12)6(14)8(16)7(15)5(13)3(1)11/b2-1-,3-1?,4-2?,5-3-,6-4-,7-5?,8-6?,8-7-. The molecule has 1 aliphatic rings. The normalized spacial score (nSPS) is 37.5. The van der Waals surface area contributed by atoms with Gasteiger partial charge in [-0.2, -0.15) is 0 Å². The zero-order chi connectivity index (χ0) is 12.6. The highest BCUT2D eigenvalue weighted by atomic mass is 35.5. The van der Waals surface area contributed by atoms with Crippen molar-refractivity contribution < 1.29 is 26.3 Å². The molecule has 0 radical (unpaired) electrons. The van der Waals surface area contributed by atoms with E-state index in [1.165, 1.54) is 0 Å². The number of hydrogen-bond donors (Lipinski definition) is 0. The maximum Gasteiger partial charge on any atom is 0.200 e. The Morgan fingerprint density at radius 1 is 0.438 bits per heavy atom. The Balaban J connectivity index is 3.67. The Hall–Kier alpha value is -0.880. The fourth-order valence-corrected chi connectivity index (χ4v) is 1.10. The highest BCUT2D eigenvalue weighted by molar-refractivity contribution is 6.42. The van der Waals surface area contributed by atoms with Crippen molar-refractivity contribution in [3.63, 3.8) is 0 Å². The van der Waals surface area contributed by atoms with Crippen molar-refractivity contribution >= 4 is 23.2 Å². The molecule has 0 aromatic rings. The molecule has 0 saturated heterocycles. The average molecular weight is 281 g/mol. The molecule has 0 heterocycles. The lowest BCUT2D eigenvalue weighted by atomic mass is 10.2. The summed E-state index contributed by atoms with van der Waals surface area (Å²) in [6.07, 6.45) is 0. The predicted molar refractivity (Wildman–Crippen MR) is 46.5 cm³/mol. The monoisotopic (exact) mass is 280 g/mol. The van der Waals surface area contributed by atoms with Crippen LogP contribution in [0.4, 0.5) is 26.3 Å². The fraction of sp³-hybridized carbons (Fsp3) is 0. The predicted octanol–water partition coefficient (Wildman–Crippen LogP) is 5.14. The molecule has 1 rings (SSSR count). The van der Waals surface area contributed by atoms with Crippen LogP contribution in [0, 0.1) is 0 Å². The maximum atomic E-state index is 12.9. The molecule has 8 heteroatoms. The van der Waals surface area contributed by atoms with Gasteiger partial charge in [0, 0.05) is 0 Å². The van der Waals surface area contributed by atoms with Crippen molar-refractivity contribution in [1.29, 1.82) is 0 Å². The molecule has 88 valence electrons. The van der Waals surface area contributed by atoms with Gasteiger partial charge in [0.15, 0.2) is 23.3 Å². The zero-order valence-electron chi connectivity index (χ0n) is 7.02. The second-order valence-electron chi connectivity index (χ2n) is 2.51. The van der Waals surface area contributed by atoms with E-state index in [0.717, 1.165) is 0 Å². The zero-order valence-corrected chi connectivity index (χ0v) is 8.54. The third-order valence-corrected chi connectivity index (χ3v) is 2.35. The molecular formula is C8Cl2F6. The Morgan fingerprint density at radius 2 is 0.625 bits per heavy atom. The summed E-state index contributed by atoms with van der Waals surface area (Å²) in [6, 6.07) is 0. The summed E-state index contributed by atoms with van der Waals surface area (Å²) in [5, 5.41) is -2.79. The van der Waals surface area contributed by atoms with Crippen LogP contribution < -0.4 is 0 Å². The molecule has 16 heavy (non-hydrogen) atoms. The van der Waals surface area contributed by atoms with Gasteiger partial charge < -0.3 is 0 Å². The molecule has 0 aliphatic heterocycles. The highest BCUT2D eigenvalue weighted by Crippen LogP contribution is 2.40. The summed E-state index contributed by atoms with van der Waals surface area (Å²) in [5.41, 5.74) is 0. The van der Waals surface area contributed by atoms with E-state index in [9.17, 15) is 26.3 Å². The van der Waals surface area contributed by atoms with E-state index in [1.807, 2.05) is 0 Å². The first-order valence-corrected chi connectivity index (χ1v) is 4.27. The summed E-state index contributed by atoms with van der Waals surface area (Å²) < 4.78 is 76.5. The molecule has 0 aromatic carbocycles. The van der Waals surface area contributed by atoms with Gasteiger partial charge in [0.2, 0.25) is 11.7 Å². The quantitative estimate of drug-likeness (QED) is 0.539. The molecule has 0 amide bonds. The van der Waals surface area contributed by atoms with Crippen molar-refractivity contribution in [2.24, 2.45) is 0 Å². The smallest absolute Gasteiger partial charge is 0.200 e. The van der Waals surface area contributed by atoms with Gasteiger partial charge in [-0.1, -0.05) is 23.2 Å². The summed E-state index contributed by atoms with van der Waals surface area (Å²) in [5.74, 6) is -14.1. The van der Waals surface area contributed by atoms with Crippen LogP contribution in [0.5, 0.6) is 0 Å². The fourth-order valence-electron chi connectivity index (χ4n) is 0.771. The van der Waals surface area contributed by atoms with Crippen LogP contribution in [-0.2, 0) is 0 Å². The summed E-state index contributed by atoms with van der Waals surface area (Å²) in [4.78, 5) is 0. The SMILES string of the molecule is FC1=C(F)/C(F)=C(F)\C(Cl)=C(Cl)/C(F)=C\1F. The maximum absolute atomic E-state index is 12.9. The first-order valence-electron chi connectivity index (χ1n) is 3.51. The largest absolute Gasteiger partial charge is 0.202 e. The topological polar surface area (TPSA) is 0 Å². The van der Waals surface area contributed by atoms with Crippen LogP contribution >= 0.6 is 23.2 Å². The van der Waals surface area contributed by atoms with Gasteiger partial charge in [0.25, 0.3) is 0 Å².